The Balaban J connectivity index is 0.00000400. The van der Waals surface area contributed by atoms with Crippen LogP contribution < -0.4 is 15.8 Å². The van der Waals surface area contributed by atoms with E-state index in [0.717, 1.165) is 5.75 Å². The second-order valence-electron chi connectivity index (χ2n) is 4.50. The first-order valence-corrected chi connectivity index (χ1v) is 7.77. The van der Waals surface area contributed by atoms with Crippen molar-refractivity contribution in [2.24, 2.45) is 5.73 Å². The van der Waals surface area contributed by atoms with E-state index in [2.05, 4.69) is 5.32 Å². The summed E-state index contributed by atoms with van der Waals surface area (Å²) in [4.78, 5) is 11.9. The zero-order valence-electron chi connectivity index (χ0n) is 12.4. The van der Waals surface area contributed by atoms with Crippen molar-refractivity contribution < 1.29 is 13.9 Å². The van der Waals surface area contributed by atoms with E-state index < -0.39 is 6.04 Å². The van der Waals surface area contributed by atoms with Gasteiger partial charge in [-0.05, 0) is 43.6 Å². The van der Waals surface area contributed by atoms with Gasteiger partial charge in [-0.25, -0.2) is 4.39 Å². The van der Waals surface area contributed by atoms with Gasteiger partial charge in [-0.1, -0.05) is 0 Å². The third-order valence-electron chi connectivity index (χ3n) is 2.99. The molecule has 0 heterocycles. The largest absolute Gasteiger partial charge is 0.496 e. The molecule has 0 radical (unpaired) electrons. The lowest BCUT2D eigenvalue weighted by molar-refractivity contribution is -0.123. The van der Waals surface area contributed by atoms with Crippen molar-refractivity contribution in [1.29, 1.82) is 0 Å². The monoisotopic (exact) mass is 336 g/mol. The fourth-order valence-corrected chi connectivity index (χ4v) is 2.31. The number of methoxy groups -OCH3 is 1. The first-order valence-electron chi connectivity index (χ1n) is 6.38. The number of benzene rings is 1. The maximum atomic E-state index is 13.3. The van der Waals surface area contributed by atoms with Gasteiger partial charge < -0.3 is 15.8 Å². The molecule has 0 aliphatic rings. The molecule has 3 N–H and O–H groups in total. The minimum Gasteiger partial charge on any atom is -0.496 e. The predicted molar refractivity (Wildman–Crippen MR) is 87.7 cm³/mol. The van der Waals surface area contributed by atoms with Crippen LogP contribution in [0.25, 0.3) is 0 Å². The minimum atomic E-state index is -0.551. The average molecular weight is 337 g/mol. The number of nitrogens with two attached hydrogens (primary N) is 1. The van der Waals surface area contributed by atoms with Crippen molar-refractivity contribution in [2.45, 2.75) is 25.4 Å². The highest BCUT2D eigenvalue weighted by Crippen LogP contribution is 2.25. The highest BCUT2D eigenvalue weighted by atomic mass is 35.5. The topological polar surface area (TPSA) is 64.3 Å². The Labute approximate surface area is 135 Å². The van der Waals surface area contributed by atoms with Gasteiger partial charge in [0.15, 0.2) is 0 Å². The van der Waals surface area contributed by atoms with Gasteiger partial charge >= 0.3 is 0 Å². The Kier molecular flexibility index (Phi) is 9.41. The molecule has 0 saturated heterocycles. The first kappa shape index (κ1) is 20.0. The summed E-state index contributed by atoms with van der Waals surface area (Å²) < 4.78 is 18.5. The molecule has 0 aliphatic heterocycles. The van der Waals surface area contributed by atoms with E-state index >= 15 is 0 Å². The Morgan fingerprint density at radius 1 is 1.52 bits per heavy atom. The summed E-state index contributed by atoms with van der Waals surface area (Å²) in [6.45, 7) is 1.77. The van der Waals surface area contributed by atoms with E-state index in [-0.39, 0.29) is 30.2 Å². The fraction of sp³-hybridized carbons (Fsp3) is 0.500. The molecule has 21 heavy (non-hydrogen) atoms. The fourth-order valence-electron chi connectivity index (χ4n) is 1.82. The summed E-state index contributed by atoms with van der Waals surface area (Å²) in [7, 11) is 1.51. The molecule has 1 unspecified atom stereocenters. The standard InChI is InChI=1S/C14H21FN2O2S.ClH/c1-9(17-14(18)12(16)6-7-20-3)11-8-10(15)4-5-13(11)19-2;/h4-5,8-9,12H,6-7,16H2,1-3H3,(H,17,18);1H/t9?,12-;/m0./s1. The molecule has 1 rings (SSSR count). The van der Waals surface area contributed by atoms with Crippen molar-refractivity contribution >= 4 is 30.1 Å². The molecule has 0 saturated carbocycles. The molecule has 0 bridgehead atoms. The number of carbonyl (C=O) groups excluding carboxylic acids is 1. The van der Waals surface area contributed by atoms with Gasteiger partial charge in [-0.3, -0.25) is 4.79 Å². The van der Waals surface area contributed by atoms with E-state index in [4.69, 9.17) is 10.5 Å². The molecular weight excluding hydrogens is 315 g/mol. The third kappa shape index (κ3) is 6.11. The molecule has 1 aromatic carbocycles. The first-order chi connectivity index (χ1) is 9.49. The van der Waals surface area contributed by atoms with Crippen LogP contribution >= 0.6 is 24.2 Å². The molecule has 0 spiro atoms. The quantitative estimate of drug-likeness (QED) is 0.803. The number of thioether (sulfide) groups is 1. The summed E-state index contributed by atoms with van der Waals surface area (Å²) in [6, 6.07) is 3.30. The summed E-state index contributed by atoms with van der Waals surface area (Å²) in [6.07, 6.45) is 2.57. The van der Waals surface area contributed by atoms with Crippen LogP contribution in [0.15, 0.2) is 18.2 Å². The molecule has 4 nitrogen and oxygen atoms in total. The highest BCUT2D eigenvalue weighted by molar-refractivity contribution is 7.98. The lowest BCUT2D eigenvalue weighted by atomic mass is 10.1. The molecule has 1 aromatic rings. The van der Waals surface area contributed by atoms with Crippen molar-refractivity contribution in [1.82, 2.24) is 5.32 Å². The van der Waals surface area contributed by atoms with Crippen molar-refractivity contribution in [2.75, 3.05) is 19.1 Å². The normalized spacial score (nSPS) is 13.0. The summed E-state index contributed by atoms with van der Waals surface area (Å²) in [5.41, 5.74) is 6.39. The molecule has 0 fully saturated rings. The number of halogens is 2. The maximum absolute atomic E-state index is 13.3. The smallest absolute Gasteiger partial charge is 0.237 e. The molecule has 2 atom stereocenters. The lowest BCUT2D eigenvalue weighted by Crippen LogP contribution is -2.42. The Morgan fingerprint density at radius 3 is 2.76 bits per heavy atom. The summed E-state index contributed by atoms with van der Waals surface area (Å²) in [5.74, 6) is 0.759. The number of rotatable bonds is 7. The average Bonchev–Trinajstić information content (AvgIpc) is 2.44. The minimum absolute atomic E-state index is 0. The van der Waals surface area contributed by atoms with E-state index in [9.17, 15) is 9.18 Å². The predicted octanol–water partition coefficient (Wildman–Crippen LogP) is 2.51. The van der Waals surface area contributed by atoms with Gasteiger partial charge in [0, 0.05) is 5.56 Å². The van der Waals surface area contributed by atoms with E-state index in [0.29, 0.717) is 17.7 Å². The molecule has 0 aliphatic carbocycles. The van der Waals surface area contributed by atoms with Gasteiger partial charge in [-0.2, -0.15) is 11.8 Å². The van der Waals surface area contributed by atoms with Gasteiger partial charge in [-0.15, -0.1) is 12.4 Å². The second-order valence-corrected chi connectivity index (χ2v) is 5.49. The van der Waals surface area contributed by atoms with Crippen LogP contribution in [0, 0.1) is 5.82 Å². The van der Waals surface area contributed by atoms with Crippen LogP contribution in [0.4, 0.5) is 4.39 Å². The third-order valence-corrected chi connectivity index (χ3v) is 3.63. The van der Waals surface area contributed by atoms with Crippen LogP contribution in [0.3, 0.4) is 0 Å². The molecule has 120 valence electrons. The molecule has 0 aromatic heterocycles. The maximum Gasteiger partial charge on any atom is 0.237 e. The number of carbonyl (C=O) groups is 1. The molecule has 1 amide bonds. The zero-order valence-corrected chi connectivity index (χ0v) is 14.0. The van der Waals surface area contributed by atoms with Crippen molar-refractivity contribution in [3.8, 4) is 5.75 Å². The van der Waals surface area contributed by atoms with Gasteiger partial charge in [0.1, 0.15) is 11.6 Å². The SMILES string of the molecule is COc1ccc(F)cc1C(C)NC(=O)[C@@H](N)CCSC.Cl. The highest BCUT2D eigenvalue weighted by Gasteiger charge is 2.18. The number of hydrogen-bond donors (Lipinski definition) is 2. The van der Waals surface area contributed by atoms with Gasteiger partial charge in [0.05, 0.1) is 19.2 Å². The Bertz CT molecular complexity index is 463. The lowest BCUT2D eigenvalue weighted by Gasteiger charge is -2.19. The summed E-state index contributed by atoms with van der Waals surface area (Å²) >= 11 is 1.64. The van der Waals surface area contributed by atoms with Gasteiger partial charge in [0.2, 0.25) is 5.91 Å². The Morgan fingerprint density at radius 2 is 2.19 bits per heavy atom. The van der Waals surface area contributed by atoms with Gasteiger partial charge in [0.25, 0.3) is 0 Å². The van der Waals surface area contributed by atoms with E-state index in [1.54, 1.807) is 24.8 Å². The van der Waals surface area contributed by atoms with Crippen LogP contribution in [-0.2, 0) is 4.79 Å². The molecular formula is C14H22ClFN2O2S. The van der Waals surface area contributed by atoms with E-state index in [1.165, 1.54) is 19.2 Å². The Hall–Kier alpha value is -0.980. The van der Waals surface area contributed by atoms with Crippen LogP contribution in [0.5, 0.6) is 5.75 Å². The van der Waals surface area contributed by atoms with E-state index in [1.807, 2.05) is 6.26 Å². The van der Waals surface area contributed by atoms with Crippen LogP contribution in [0.2, 0.25) is 0 Å². The number of amides is 1. The number of nitrogens with one attached hydrogen (secondary N) is 1. The zero-order chi connectivity index (χ0) is 15.1. The summed E-state index contributed by atoms with van der Waals surface area (Å²) in [5, 5.41) is 2.79. The second kappa shape index (κ2) is 9.87. The van der Waals surface area contributed by atoms with Crippen LogP contribution in [0.1, 0.15) is 24.9 Å². The van der Waals surface area contributed by atoms with Crippen molar-refractivity contribution in [3.05, 3.63) is 29.6 Å². The number of ether oxygens (including phenoxy) is 1. The molecule has 7 heteroatoms. The number of hydrogen-bond acceptors (Lipinski definition) is 4. The van der Waals surface area contributed by atoms with Crippen molar-refractivity contribution in [3.63, 3.8) is 0 Å². The van der Waals surface area contributed by atoms with Crippen LogP contribution in [-0.4, -0.2) is 31.1 Å².